The van der Waals surface area contributed by atoms with E-state index >= 15 is 0 Å². The quantitative estimate of drug-likeness (QED) is 0.907. The molecule has 0 aliphatic carbocycles. The van der Waals surface area contributed by atoms with Gasteiger partial charge in [0.2, 0.25) is 5.91 Å². The normalized spacial score (nSPS) is 11.9. The maximum Gasteiger partial charge on any atom is 0.264 e. The van der Waals surface area contributed by atoms with Gasteiger partial charge in [0.1, 0.15) is 11.2 Å². The predicted molar refractivity (Wildman–Crippen MR) is 89.4 cm³/mol. The van der Waals surface area contributed by atoms with Crippen molar-refractivity contribution < 1.29 is 4.79 Å². The van der Waals surface area contributed by atoms with Crippen LogP contribution in [-0.4, -0.2) is 31.8 Å². The molecule has 2 aromatic rings. The molecular weight excluding hydrogens is 294 g/mol. The number of fused-ring (bicyclic) bond motifs is 1. The maximum atomic E-state index is 12.7. The SMILES string of the molecule is CCCNC(=O)CCn1c(C)nc2c(cnn2C(C)(C)C)c1=O. The van der Waals surface area contributed by atoms with Crippen LogP contribution in [0.3, 0.4) is 0 Å². The van der Waals surface area contributed by atoms with Crippen molar-refractivity contribution >= 4 is 16.9 Å². The Balaban J connectivity index is 2.33. The number of hydrogen-bond acceptors (Lipinski definition) is 4. The zero-order valence-corrected chi connectivity index (χ0v) is 14.5. The molecule has 0 aliphatic rings. The number of amides is 1. The van der Waals surface area contributed by atoms with Crippen LogP contribution in [0.4, 0.5) is 0 Å². The van der Waals surface area contributed by atoms with Gasteiger partial charge >= 0.3 is 0 Å². The van der Waals surface area contributed by atoms with Crippen LogP contribution in [0.2, 0.25) is 0 Å². The average Bonchev–Trinajstić information content (AvgIpc) is 2.88. The van der Waals surface area contributed by atoms with Gasteiger partial charge < -0.3 is 5.32 Å². The minimum Gasteiger partial charge on any atom is -0.356 e. The second kappa shape index (κ2) is 6.52. The second-order valence-electron chi connectivity index (χ2n) is 6.68. The highest BCUT2D eigenvalue weighted by molar-refractivity contribution is 5.76. The van der Waals surface area contributed by atoms with E-state index in [-0.39, 0.29) is 23.4 Å². The third-order valence-electron chi connectivity index (χ3n) is 3.65. The number of aromatic nitrogens is 4. The summed E-state index contributed by atoms with van der Waals surface area (Å²) < 4.78 is 3.30. The van der Waals surface area contributed by atoms with E-state index in [1.165, 1.54) is 0 Å². The smallest absolute Gasteiger partial charge is 0.264 e. The molecule has 0 spiro atoms. The van der Waals surface area contributed by atoms with E-state index in [9.17, 15) is 9.59 Å². The molecule has 0 bridgehead atoms. The van der Waals surface area contributed by atoms with Gasteiger partial charge in [0, 0.05) is 19.5 Å². The number of hydrogen-bond donors (Lipinski definition) is 1. The molecule has 0 saturated heterocycles. The molecule has 0 radical (unpaired) electrons. The van der Waals surface area contributed by atoms with E-state index in [1.807, 2.05) is 27.7 Å². The van der Waals surface area contributed by atoms with Gasteiger partial charge in [-0.2, -0.15) is 5.10 Å². The number of aryl methyl sites for hydroxylation is 1. The molecule has 2 heterocycles. The van der Waals surface area contributed by atoms with E-state index in [4.69, 9.17) is 0 Å². The molecule has 7 heteroatoms. The van der Waals surface area contributed by atoms with Crippen molar-refractivity contribution in [3.63, 3.8) is 0 Å². The molecule has 2 rings (SSSR count). The summed E-state index contributed by atoms with van der Waals surface area (Å²) >= 11 is 0. The first kappa shape index (κ1) is 17.2. The lowest BCUT2D eigenvalue weighted by molar-refractivity contribution is -0.121. The molecular formula is C16H25N5O2. The van der Waals surface area contributed by atoms with Gasteiger partial charge in [0.15, 0.2) is 5.65 Å². The highest BCUT2D eigenvalue weighted by Gasteiger charge is 2.20. The Bertz CT molecular complexity index is 767. The molecule has 0 aromatic carbocycles. The Morgan fingerprint density at radius 2 is 2.04 bits per heavy atom. The van der Waals surface area contributed by atoms with Crippen molar-refractivity contribution in [1.29, 1.82) is 0 Å². The van der Waals surface area contributed by atoms with E-state index in [0.29, 0.717) is 29.9 Å². The molecule has 0 aliphatic heterocycles. The Hall–Kier alpha value is -2.18. The Kier molecular flexibility index (Phi) is 4.87. The van der Waals surface area contributed by atoms with Crippen molar-refractivity contribution in [2.45, 2.75) is 59.5 Å². The van der Waals surface area contributed by atoms with Crippen molar-refractivity contribution in [2.24, 2.45) is 0 Å². The number of carbonyl (C=O) groups is 1. The largest absolute Gasteiger partial charge is 0.356 e. The Morgan fingerprint density at radius 1 is 1.35 bits per heavy atom. The Labute approximate surface area is 135 Å². The second-order valence-corrected chi connectivity index (χ2v) is 6.68. The topological polar surface area (TPSA) is 81.8 Å². The average molecular weight is 319 g/mol. The van der Waals surface area contributed by atoms with E-state index in [2.05, 4.69) is 15.4 Å². The minimum absolute atomic E-state index is 0.0522. The fourth-order valence-corrected chi connectivity index (χ4v) is 2.43. The number of nitrogens with one attached hydrogen (secondary N) is 1. The third-order valence-corrected chi connectivity index (χ3v) is 3.65. The first-order chi connectivity index (χ1) is 10.8. The summed E-state index contributed by atoms with van der Waals surface area (Å²) in [5.74, 6) is 0.542. The van der Waals surface area contributed by atoms with E-state index < -0.39 is 0 Å². The molecule has 23 heavy (non-hydrogen) atoms. The van der Waals surface area contributed by atoms with Gasteiger partial charge in [-0.3, -0.25) is 14.2 Å². The van der Waals surface area contributed by atoms with Crippen molar-refractivity contribution in [3.05, 3.63) is 22.4 Å². The molecule has 7 nitrogen and oxygen atoms in total. The van der Waals surface area contributed by atoms with E-state index in [0.717, 1.165) is 6.42 Å². The zero-order valence-electron chi connectivity index (χ0n) is 14.5. The number of carbonyl (C=O) groups excluding carboxylic acids is 1. The van der Waals surface area contributed by atoms with E-state index in [1.54, 1.807) is 22.4 Å². The molecule has 2 aromatic heterocycles. The predicted octanol–water partition coefficient (Wildman–Crippen LogP) is 1.57. The molecule has 0 atom stereocenters. The van der Waals surface area contributed by atoms with Crippen LogP contribution >= 0.6 is 0 Å². The lowest BCUT2D eigenvalue weighted by Gasteiger charge is -2.20. The summed E-state index contributed by atoms with van der Waals surface area (Å²) in [6, 6.07) is 0. The zero-order chi connectivity index (χ0) is 17.2. The fourth-order valence-electron chi connectivity index (χ4n) is 2.43. The fraction of sp³-hybridized carbons (Fsp3) is 0.625. The van der Waals surface area contributed by atoms with Crippen LogP contribution in [0, 0.1) is 6.92 Å². The van der Waals surface area contributed by atoms with Gasteiger partial charge in [0.05, 0.1) is 11.7 Å². The van der Waals surface area contributed by atoms with Crippen molar-refractivity contribution in [2.75, 3.05) is 6.54 Å². The van der Waals surface area contributed by atoms with Crippen LogP contribution in [0.5, 0.6) is 0 Å². The van der Waals surface area contributed by atoms with Crippen LogP contribution in [-0.2, 0) is 16.9 Å². The Morgan fingerprint density at radius 3 is 2.65 bits per heavy atom. The van der Waals surface area contributed by atoms with Crippen LogP contribution in [0.1, 0.15) is 46.4 Å². The minimum atomic E-state index is -0.250. The molecule has 0 unspecified atom stereocenters. The molecule has 1 N–H and O–H groups in total. The van der Waals surface area contributed by atoms with Crippen molar-refractivity contribution in [3.8, 4) is 0 Å². The summed E-state index contributed by atoms with van der Waals surface area (Å²) in [7, 11) is 0. The lowest BCUT2D eigenvalue weighted by atomic mass is 10.1. The monoisotopic (exact) mass is 319 g/mol. The molecule has 126 valence electrons. The highest BCUT2D eigenvalue weighted by Crippen LogP contribution is 2.18. The molecule has 1 amide bonds. The number of nitrogens with zero attached hydrogens (tertiary/aromatic N) is 4. The van der Waals surface area contributed by atoms with Crippen LogP contribution in [0.25, 0.3) is 11.0 Å². The third kappa shape index (κ3) is 3.60. The van der Waals surface area contributed by atoms with Crippen molar-refractivity contribution in [1.82, 2.24) is 24.6 Å². The van der Waals surface area contributed by atoms with Gasteiger partial charge in [-0.15, -0.1) is 0 Å². The summed E-state index contributed by atoms with van der Waals surface area (Å²) in [6.45, 7) is 10.8. The van der Waals surface area contributed by atoms with Crippen LogP contribution < -0.4 is 10.9 Å². The van der Waals surface area contributed by atoms with Gasteiger partial charge in [-0.25, -0.2) is 9.67 Å². The van der Waals surface area contributed by atoms with Crippen LogP contribution in [0.15, 0.2) is 11.0 Å². The highest BCUT2D eigenvalue weighted by atomic mass is 16.1. The molecule has 0 fully saturated rings. The summed E-state index contributed by atoms with van der Waals surface area (Å²) in [4.78, 5) is 28.9. The first-order valence-electron chi connectivity index (χ1n) is 7.98. The first-order valence-corrected chi connectivity index (χ1v) is 7.98. The summed E-state index contributed by atoms with van der Waals surface area (Å²) in [5, 5.41) is 7.60. The molecule has 0 saturated carbocycles. The summed E-state index contributed by atoms with van der Waals surface area (Å²) in [5.41, 5.74) is 0.192. The van der Waals surface area contributed by atoms with Gasteiger partial charge in [0.25, 0.3) is 5.56 Å². The standard InChI is InChI=1S/C16H25N5O2/c1-6-8-17-13(22)7-9-20-11(2)19-14-12(15(20)23)10-18-21(14)16(3,4)5/h10H,6-9H2,1-5H3,(H,17,22). The number of rotatable bonds is 5. The summed E-state index contributed by atoms with van der Waals surface area (Å²) in [6.07, 6.45) is 2.72. The lowest BCUT2D eigenvalue weighted by Crippen LogP contribution is -2.30. The maximum absolute atomic E-state index is 12.7. The van der Waals surface area contributed by atoms with Gasteiger partial charge in [-0.1, -0.05) is 6.92 Å². The van der Waals surface area contributed by atoms with Gasteiger partial charge in [-0.05, 0) is 34.1 Å².